The van der Waals surface area contributed by atoms with Gasteiger partial charge in [0.05, 0.1) is 0 Å². The summed E-state index contributed by atoms with van der Waals surface area (Å²) in [4.78, 5) is 12.0. The van der Waals surface area contributed by atoms with Gasteiger partial charge in [-0.3, -0.25) is 4.79 Å². The van der Waals surface area contributed by atoms with E-state index < -0.39 is 0 Å². The number of benzene rings is 1. The smallest absolute Gasteiger partial charge is 0.251 e. The van der Waals surface area contributed by atoms with Gasteiger partial charge in [0, 0.05) is 18.5 Å². The van der Waals surface area contributed by atoms with E-state index in [0.717, 1.165) is 30.4 Å². The standard InChI is InChI=1S/C14H21N3O2/c1-2-11-7-3-4-8-12(11)14(18)16-10-6-5-9-13(15)17-19/h3-4,7-8,19H,2,5-6,9-10H2,1H3,(H2,15,17)(H,16,18). The highest BCUT2D eigenvalue weighted by molar-refractivity contribution is 5.95. The molecule has 0 spiro atoms. The van der Waals surface area contributed by atoms with Gasteiger partial charge in [0.2, 0.25) is 0 Å². The lowest BCUT2D eigenvalue weighted by Gasteiger charge is -2.08. The fourth-order valence-electron chi connectivity index (χ4n) is 1.83. The Labute approximate surface area is 113 Å². The van der Waals surface area contributed by atoms with E-state index in [-0.39, 0.29) is 11.7 Å². The number of carbonyl (C=O) groups excluding carboxylic acids is 1. The molecule has 1 aromatic rings. The predicted octanol–water partition coefficient (Wildman–Crippen LogP) is 1.90. The highest BCUT2D eigenvalue weighted by atomic mass is 16.4. The third-order valence-electron chi connectivity index (χ3n) is 2.92. The van der Waals surface area contributed by atoms with Gasteiger partial charge in [-0.05, 0) is 30.9 Å². The van der Waals surface area contributed by atoms with Gasteiger partial charge in [0.25, 0.3) is 5.91 Å². The van der Waals surface area contributed by atoms with E-state index in [0.29, 0.717) is 13.0 Å². The maximum absolute atomic E-state index is 12.0. The summed E-state index contributed by atoms with van der Waals surface area (Å²) in [6.07, 6.45) is 2.97. The molecule has 0 aliphatic heterocycles. The van der Waals surface area contributed by atoms with E-state index in [2.05, 4.69) is 10.5 Å². The average molecular weight is 263 g/mol. The molecule has 0 saturated heterocycles. The van der Waals surface area contributed by atoms with Crippen LogP contribution in [0.3, 0.4) is 0 Å². The molecule has 0 bridgehead atoms. The van der Waals surface area contributed by atoms with Crippen LogP contribution in [0.2, 0.25) is 0 Å². The number of rotatable bonds is 7. The molecule has 1 rings (SSSR count). The van der Waals surface area contributed by atoms with Gasteiger partial charge in [0.1, 0.15) is 5.84 Å². The van der Waals surface area contributed by atoms with Gasteiger partial charge in [-0.1, -0.05) is 30.3 Å². The number of unbranched alkanes of at least 4 members (excludes halogenated alkanes) is 1. The van der Waals surface area contributed by atoms with Crippen LogP contribution < -0.4 is 11.1 Å². The molecule has 1 amide bonds. The number of nitrogens with zero attached hydrogens (tertiary/aromatic N) is 1. The van der Waals surface area contributed by atoms with Crippen LogP contribution in [0.15, 0.2) is 29.4 Å². The third kappa shape index (κ3) is 4.99. The summed E-state index contributed by atoms with van der Waals surface area (Å²) in [6, 6.07) is 7.61. The van der Waals surface area contributed by atoms with Crippen molar-refractivity contribution in [1.29, 1.82) is 0 Å². The molecule has 0 radical (unpaired) electrons. The first-order chi connectivity index (χ1) is 9.19. The van der Waals surface area contributed by atoms with E-state index in [1.807, 2.05) is 31.2 Å². The second-order valence-corrected chi connectivity index (χ2v) is 4.32. The number of hydrogen-bond donors (Lipinski definition) is 3. The zero-order valence-corrected chi connectivity index (χ0v) is 11.2. The first kappa shape index (κ1) is 15.0. The van der Waals surface area contributed by atoms with Gasteiger partial charge in [-0.25, -0.2) is 0 Å². The topological polar surface area (TPSA) is 87.7 Å². The summed E-state index contributed by atoms with van der Waals surface area (Å²) in [6.45, 7) is 2.62. The fourth-order valence-corrected chi connectivity index (χ4v) is 1.83. The first-order valence-electron chi connectivity index (χ1n) is 6.51. The van der Waals surface area contributed by atoms with Crippen LogP contribution in [-0.2, 0) is 6.42 Å². The zero-order chi connectivity index (χ0) is 14.1. The molecule has 0 unspecified atom stereocenters. The number of carbonyl (C=O) groups is 1. The SMILES string of the molecule is CCc1ccccc1C(=O)NCCCC/C(N)=N/O. The second kappa shape index (κ2) is 8.13. The van der Waals surface area contributed by atoms with Gasteiger partial charge < -0.3 is 16.3 Å². The Kier molecular flexibility index (Phi) is 6.43. The molecule has 0 atom stereocenters. The van der Waals surface area contributed by atoms with Crippen LogP contribution in [0.4, 0.5) is 0 Å². The average Bonchev–Trinajstić information content (AvgIpc) is 2.46. The first-order valence-corrected chi connectivity index (χ1v) is 6.51. The molecule has 0 aliphatic rings. The molecule has 0 aliphatic carbocycles. The molecule has 104 valence electrons. The minimum absolute atomic E-state index is 0.0405. The van der Waals surface area contributed by atoms with E-state index in [4.69, 9.17) is 10.9 Å². The number of amidine groups is 1. The maximum atomic E-state index is 12.0. The molecule has 5 heteroatoms. The molecular weight excluding hydrogens is 242 g/mol. The predicted molar refractivity (Wildman–Crippen MR) is 75.4 cm³/mol. The van der Waals surface area contributed by atoms with Gasteiger partial charge in [-0.2, -0.15) is 0 Å². The van der Waals surface area contributed by atoms with Crippen LogP contribution in [0, 0.1) is 0 Å². The van der Waals surface area contributed by atoms with Gasteiger partial charge >= 0.3 is 0 Å². The highest BCUT2D eigenvalue weighted by Gasteiger charge is 2.08. The van der Waals surface area contributed by atoms with E-state index in [9.17, 15) is 4.79 Å². The van der Waals surface area contributed by atoms with Gasteiger partial charge in [0.15, 0.2) is 0 Å². The van der Waals surface area contributed by atoms with Crippen LogP contribution in [0.1, 0.15) is 42.1 Å². The van der Waals surface area contributed by atoms with Crippen LogP contribution in [0.5, 0.6) is 0 Å². The Morgan fingerprint density at radius 2 is 2.11 bits per heavy atom. The number of oxime groups is 1. The van der Waals surface area contributed by atoms with E-state index >= 15 is 0 Å². The summed E-state index contributed by atoms with van der Waals surface area (Å²) in [5.41, 5.74) is 7.15. The van der Waals surface area contributed by atoms with Crippen molar-refractivity contribution in [2.24, 2.45) is 10.9 Å². The van der Waals surface area contributed by atoms with Crippen molar-refractivity contribution >= 4 is 11.7 Å². The Morgan fingerprint density at radius 1 is 1.37 bits per heavy atom. The Morgan fingerprint density at radius 3 is 2.79 bits per heavy atom. The number of amides is 1. The van der Waals surface area contributed by atoms with Crippen molar-refractivity contribution in [3.8, 4) is 0 Å². The number of nitrogens with one attached hydrogen (secondary N) is 1. The van der Waals surface area contributed by atoms with Crippen molar-refractivity contribution in [3.05, 3.63) is 35.4 Å². The molecule has 5 nitrogen and oxygen atoms in total. The van der Waals surface area contributed by atoms with E-state index in [1.165, 1.54) is 0 Å². The fraction of sp³-hybridized carbons (Fsp3) is 0.429. The van der Waals surface area contributed by atoms with Crippen molar-refractivity contribution < 1.29 is 10.0 Å². The van der Waals surface area contributed by atoms with Crippen LogP contribution in [0.25, 0.3) is 0 Å². The third-order valence-corrected chi connectivity index (χ3v) is 2.92. The van der Waals surface area contributed by atoms with Crippen LogP contribution in [-0.4, -0.2) is 23.5 Å². The van der Waals surface area contributed by atoms with Crippen molar-refractivity contribution in [1.82, 2.24) is 5.32 Å². The van der Waals surface area contributed by atoms with E-state index in [1.54, 1.807) is 0 Å². The molecule has 1 aromatic carbocycles. The molecular formula is C14H21N3O2. The quantitative estimate of drug-likeness (QED) is 0.231. The lowest BCUT2D eigenvalue weighted by molar-refractivity contribution is 0.0952. The Balaban J connectivity index is 2.35. The van der Waals surface area contributed by atoms with Crippen molar-refractivity contribution in [3.63, 3.8) is 0 Å². The minimum Gasteiger partial charge on any atom is -0.409 e. The van der Waals surface area contributed by atoms with Crippen LogP contribution >= 0.6 is 0 Å². The molecule has 4 N–H and O–H groups in total. The highest BCUT2D eigenvalue weighted by Crippen LogP contribution is 2.09. The van der Waals surface area contributed by atoms with Crippen molar-refractivity contribution in [2.45, 2.75) is 32.6 Å². The molecule has 0 fully saturated rings. The molecule has 0 saturated carbocycles. The summed E-state index contributed by atoms with van der Waals surface area (Å²) in [7, 11) is 0. The van der Waals surface area contributed by atoms with Crippen molar-refractivity contribution in [2.75, 3.05) is 6.54 Å². The maximum Gasteiger partial charge on any atom is 0.251 e. The number of nitrogens with two attached hydrogens (primary N) is 1. The lowest BCUT2D eigenvalue weighted by atomic mass is 10.0. The summed E-state index contributed by atoms with van der Waals surface area (Å²) >= 11 is 0. The van der Waals surface area contributed by atoms with Gasteiger partial charge in [-0.15, -0.1) is 0 Å². The Bertz CT molecular complexity index is 444. The summed E-state index contributed by atoms with van der Waals surface area (Å²) in [5, 5.41) is 14.2. The summed E-state index contributed by atoms with van der Waals surface area (Å²) < 4.78 is 0. The summed E-state index contributed by atoms with van der Waals surface area (Å²) in [5.74, 6) is 0.184. The molecule has 0 aromatic heterocycles. The second-order valence-electron chi connectivity index (χ2n) is 4.32. The molecule has 0 heterocycles. The Hall–Kier alpha value is -2.04. The number of aryl methyl sites for hydroxylation is 1. The normalized spacial score (nSPS) is 11.3. The number of hydrogen-bond acceptors (Lipinski definition) is 3. The molecule has 19 heavy (non-hydrogen) atoms. The monoisotopic (exact) mass is 263 g/mol. The zero-order valence-electron chi connectivity index (χ0n) is 11.2. The largest absolute Gasteiger partial charge is 0.409 e. The minimum atomic E-state index is -0.0405. The lowest BCUT2D eigenvalue weighted by Crippen LogP contribution is -2.25.